The average molecular weight is 320 g/mol. The molecule has 1 aliphatic rings. The van der Waals surface area contributed by atoms with Crippen LogP contribution in [0.1, 0.15) is 9.67 Å². The van der Waals surface area contributed by atoms with E-state index in [1.54, 1.807) is 12.1 Å². The number of nitrogens with one attached hydrogen (secondary N) is 1. The van der Waals surface area contributed by atoms with Crippen LogP contribution in [-0.4, -0.2) is 31.2 Å². The molecule has 22 heavy (non-hydrogen) atoms. The van der Waals surface area contributed by atoms with Crippen molar-refractivity contribution in [1.29, 1.82) is 0 Å². The molecule has 0 spiro atoms. The molecule has 2 amide bonds. The standard InChI is InChI=1S/C15H13FN2O3S/c16-10-3-5-11(6-4-10)18-9-12(21-15(18)20)8-17-14(19)13-2-1-7-22-13/h1-7,12H,8-9H2,(H,17,19)/t12-/m0/s1. The zero-order valence-corrected chi connectivity index (χ0v) is 12.3. The van der Waals surface area contributed by atoms with Gasteiger partial charge in [-0.25, -0.2) is 9.18 Å². The summed E-state index contributed by atoms with van der Waals surface area (Å²) in [4.78, 5) is 25.7. The highest BCUT2D eigenvalue weighted by Crippen LogP contribution is 2.21. The fraction of sp³-hybridized carbons (Fsp3) is 0.200. The smallest absolute Gasteiger partial charge is 0.414 e. The van der Waals surface area contributed by atoms with Gasteiger partial charge in [-0.3, -0.25) is 9.69 Å². The lowest BCUT2D eigenvalue weighted by molar-refractivity contribution is 0.0920. The summed E-state index contributed by atoms with van der Waals surface area (Å²) in [5.74, 6) is -0.553. The van der Waals surface area contributed by atoms with Gasteiger partial charge in [0.25, 0.3) is 5.91 Å². The lowest BCUT2D eigenvalue weighted by Gasteiger charge is -2.12. The number of anilines is 1. The monoisotopic (exact) mass is 320 g/mol. The number of ether oxygens (including phenoxy) is 1. The van der Waals surface area contributed by atoms with Crippen molar-refractivity contribution in [2.24, 2.45) is 0 Å². The Morgan fingerprint density at radius 2 is 2.14 bits per heavy atom. The molecule has 1 atom stereocenters. The number of carbonyl (C=O) groups is 2. The van der Waals surface area contributed by atoms with Gasteiger partial charge < -0.3 is 10.1 Å². The molecular weight excluding hydrogens is 307 g/mol. The van der Waals surface area contributed by atoms with E-state index < -0.39 is 12.2 Å². The molecule has 0 radical (unpaired) electrons. The highest BCUT2D eigenvalue weighted by atomic mass is 32.1. The SMILES string of the molecule is O=C(NC[C@H]1CN(c2ccc(F)cc2)C(=O)O1)c1cccs1. The van der Waals surface area contributed by atoms with Crippen LogP contribution in [0.4, 0.5) is 14.9 Å². The largest absolute Gasteiger partial charge is 0.442 e. The lowest BCUT2D eigenvalue weighted by Crippen LogP contribution is -2.34. The van der Waals surface area contributed by atoms with Crippen molar-refractivity contribution in [2.75, 3.05) is 18.0 Å². The Balaban J connectivity index is 1.58. The fourth-order valence-corrected chi connectivity index (χ4v) is 2.80. The second-order valence-electron chi connectivity index (χ2n) is 4.78. The summed E-state index contributed by atoms with van der Waals surface area (Å²) >= 11 is 1.35. The maximum Gasteiger partial charge on any atom is 0.414 e. The predicted octanol–water partition coefficient (Wildman–Crippen LogP) is 2.64. The second-order valence-corrected chi connectivity index (χ2v) is 5.73. The van der Waals surface area contributed by atoms with Gasteiger partial charge in [0, 0.05) is 5.69 Å². The first kappa shape index (κ1) is 14.5. The predicted molar refractivity (Wildman–Crippen MR) is 80.7 cm³/mol. The Labute approximate surface area is 130 Å². The molecule has 114 valence electrons. The molecule has 1 N–H and O–H groups in total. The minimum atomic E-state index is -0.498. The second kappa shape index (κ2) is 6.15. The van der Waals surface area contributed by atoms with Crippen molar-refractivity contribution < 1.29 is 18.7 Å². The molecule has 0 bridgehead atoms. The quantitative estimate of drug-likeness (QED) is 0.942. The summed E-state index contributed by atoms with van der Waals surface area (Å²) in [6.45, 7) is 0.551. The van der Waals surface area contributed by atoms with E-state index >= 15 is 0 Å². The van der Waals surface area contributed by atoms with Gasteiger partial charge in [0.05, 0.1) is 18.0 Å². The third-order valence-corrected chi connectivity index (χ3v) is 4.12. The van der Waals surface area contributed by atoms with Gasteiger partial charge in [0.2, 0.25) is 0 Å². The lowest BCUT2D eigenvalue weighted by atomic mass is 10.2. The molecule has 3 rings (SSSR count). The van der Waals surface area contributed by atoms with Gasteiger partial charge in [0.15, 0.2) is 0 Å². The number of amides is 2. The van der Waals surface area contributed by atoms with Gasteiger partial charge in [-0.2, -0.15) is 0 Å². The van der Waals surface area contributed by atoms with Gasteiger partial charge in [-0.1, -0.05) is 6.07 Å². The average Bonchev–Trinajstić information content (AvgIpc) is 3.15. The zero-order valence-electron chi connectivity index (χ0n) is 11.5. The molecule has 1 aromatic carbocycles. The fourth-order valence-electron chi connectivity index (χ4n) is 2.16. The summed E-state index contributed by atoms with van der Waals surface area (Å²) < 4.78 is 18.1. The van der Waals surface area contributed by atoms with Crippen molar-refractivity contribution in [2.45, 2.75) is 6.10 Å². The molecule has 5 nitrogen and oxygen atoms in total. The zero-order chi connectivity index (χ0) is 15.5. The van der Waals surface area contributed by atoms with Crippen molar-refractivity contribution in [3.05, 3.63) is 52.5 Å². The van der Waals surface area contributed by atoms with Crippen LogP contribution in [0.15, 0.2) is 41.8 Å². The highest BCUT2D eigenvalue weighted by molar-refractivity contribution is 7.12. The third-order valence-electron chi connectivity index (χ3n) is 3.25. The number of thiophene rings is 1. The number of benzene rings is 1. The minimum absolute atomic E-state index is 0.189. The normalized spacial score (nSPS) is 17.4. The molecule has 1 aromatic heterocycles. The van der Waals surface area contributed by atoms with Crippen molar-refractivity contribution in [3.63, 3.8) is 0 Å². The molecule has 2 heterocycles. The van der Waals surface area contributed by atoms with Crippen molar-refractivity contribution >= 4 is 29.0 Å². The number of cyclic esters (lactones) is 1. The van der Waals surface area contributed by atoms with E-state index in [1.165, 1.54) is 40.5 Å². The van der Waals surface area contributed by atoms with Crippen LogP contribution in [0.3, 0.4) is 0 Å². The number of carbonyl (C=O) groups excluding carboxylic acids is 2. The highest BCUT2D eigenvalue weighted by Gasteiger charge is 2.32. The van der Waals surface area contributed by atoms with Crippen molar-refractivity contribution in [1.82, 2.24) is 5.32 Å². The van der Waals surface area contributed by atoms with Crippen LogP contribution in [-0.2, 0) is 4.74 Å². The molecule has 0 aliphatic carbocycles. The Morgan fingerprint density at radius 3 is 2.82 bits per heavy atom. The molecule has 0 unspecified atom stereocenters. The molecule has 1 fully saturated rings. The molecule has 7 heteroatoms. The van der Waals surface area contributed by atoms with E-state index in [9.17, 15) is 14.0 Å². The summed E-state index contributed by atoms with van der Waals surface area (Å²) in [7, 11) is 0. The van der Waals surface area contributed by atoms with Crippen LogP contribution in [0.25, 0.3) is 0 Å². The van der Waals surface area contributed by atoms with Gasteiger partial charge in [0.1, 0.15) is 11.9 Å². The van der Waals surface area contributed by atoms with Gasteiger partial charge in [-0.05, 0) is 35.7 Å². The number of halogens is 1. The first-order chi connectivity index (χ1) is 10.6. The number of rotatable bonds is 4. The number of nitrogens with zero attached hydrogens (tertiary/aromatic N) is 1. The number of hydrogen-bond acceptors (Lipinski definition) is 4. The van der Waals surface area contributed by atoms with E-state index in [4.69, 9.17) is 4.74 Å². The van der Waals surface area contributed by atoms with Crippen LogP contribution >= 0.6 is 11.3 Å². The van der Waals surface area contributed by atoms with Gasteiger partial charge >= 0.3 is 6.09 Å². The van der Waals surface area contributed by atoms with Crippen molar-refractivity contribution in [3.8, 4) is 0 Å². The molecular formula is C15H13FN2O3S. The van der Waals surface area contributed by atoms with Crippen LogP contribution in [0.2, 0.25) is 0 Å². The van der Waals surface area contributed by atoms with Crippen LogP contribution < -0.4 is 10.2 Å². The molecule has 1 aliphatic heterocycles. The third kappa shape index (κ3) is 3.09. The van der Waals surface area contributed by atoms with E-state index in [0.29, 0.717) is 17.1 Å². The maximum atomic E-state index is 12.9. The molecule has 2 aromatic rings. The van der Waals surface area contributed by atoms with Crippen LogP contribution in [0, 0.1) is 5.82 Å². The molecule has 1 saturated heterocycles. The summed E-state index contributed by atoms with van der Waals surface area (Å²) in [6, 6.07) is 9.13. The Kier molecular flexibility index (Phi) is 4.06. The first-order valence-corrected chi connectivity index (χ1v) is 7.57. The minimum Gasteiger partial charge on any atom is -0.442 e. The van der Waals surface area contributed by atoms with E-state index in [-0.39, 0.29) is 18.3 Å². The first-order valence-electron chi connectivity index (χ1n) is 6.69. The maximum absolute atomic E-state index is 12.9. The summed E-state index contributed by atoms with van der Waals surface area (Å²) in [5, 5.41) is 4.56. The molecule has 0 saturated carbocycles. The Morgan fingerprint density at radius 1 is 1.36 bits per heavy atom. The van der Waals surface area contributed by atoms with E-state index in [2.05, 4.69) is 5.32 Å². The Bertz CT molecular complexity index is 673. The number of hydrogen-bond donors (Lipinski definition) is 1. The Hall–Kier alpha value is -2.41. The van der Waals surface area contributed by atoms with E-state index in [0.717, 1.165) is 0 Å². The van der Waals surface area contributed by atoms with E-state index in [1.807, 2.05) is 5.38 Å². The topological polar surface area (TPSA) is 58.6 Å². The summed E-state index contributed by atoms with van der Waals surface area (Å²) in [5.41, 5.74) is 0.568. The van der Waals surface area contributed by atoms with Gasteiger partial charge in [-0.15, -0.1) is 11.3 Å². The summed E-state index contributed by atoms with van der Waals surface area (Å²) in [6.07, 6.45) is -0.927. The van der Waals surface area contributed by atoms with Crippen LogP contribution in [0.5, 0.6) is 0 Å².